The van der Waals surface area contributed by atoms with Crippen LogP contribution in [0.25, 0.3) is 0 Å². The Bertz CT molecular complexity index is 1090. The summed E-state index contributed by atoms with van der Waals surface area (Å²) < 4.78 is 45.8. The molecule has 3 rings (SSSR count). The average Bonchev–Trinajstić information content (AvgIpc) is 3.07. The van der Waals surface area contributed by atoms with E-state index in [1.54, 1.807) is 60.7 Å². The van der Waals surface area contributed by atoms with Gasteiger partial charge in [-0.05, 0) is 24.3 Å². The molecule has 4 atom stereocenters. The summed E-state index contributed by atoms with van der Waals surface area (Å²) >= 11 is 4.94. The summed E-state index contributed by atoms with van der Waals surface area (Å²) in [5.41, 5.74) is 6.19. The molecule has 0 saturated carbocycles. The van der Waals surface area contributed by atoms with Crippen LogP contribution in [0.15, 0.2) is 60.7 Å². The molecule has 2 aromatic carbocycles. The first-order valence-corrected chi connectivity index (χ1v) is 12.2. The number of nitrogens with two attached hydrogens (primary N) is 1. The number of esters is 2. The molecule has 0 aromatic heterocycles. The van der Waals surface area contributed by atoms with E-state index in [0.717, 1.165) is 6.26 Å². The molecule has 33 heavy (non-hydrogen) atoms. The van der Waals surface area contributed by atoms with E-state index in [4.69, 9.17) is 36.3 Å². The Kier molecular flexibility index (Phi) is 8.14. The Morgan fingerprint density at radius 3 is 2.00 bits per heavy atom. The SMILES string of the molecule is CS(=O)(=O)O[C@H]1[C@H](OC(=O)c2ccccc2)[C@@H](COC(=O)c2ccccc2)O[C@H]1CC(N)=S. The normalized spacial score (nSPS) is 22.5. The van der Waals surface area contributed by atoms with Crippen LogP contribution in [0, 0.1) is 0 Å². The second kappa shape index (κ2) is 10.8. The van der Waals surface area contributed by atoms with Gasteiger partial charge in [0.05, 0.1) is 28.5 Å². The molecular weight excluding hydrogens is 470 g/mol. The first-order valence-electron chi connectivity index (χ1n) is 9.94. The molecule has 1 heterocycles. The summed E-state index contributed by atoms with van der Waals surface area (Å²) in [5, 5.41) is 0. The minimum Gasteiger partial charge on any atom is -0.459 e. The van der Waals surface area contributed by atoms with Crippen LogP contribution in [0.2, 0.25) is 0 Å². The summed E-state index contributed by atoms with van der Waals surface area (Å²) in [4.78, 5) is 25.1. The third kappa shape index (κ3) is 7.06. The molecule has 1 saturated heterocycles. The van der Waals surface area contributed by atoms with Crippen LogP contribution in [-0.4, -0.2) is 62.6 Å². The smallest absolute Gasteiger partial charge is 0.338 e. The number of benzene rings is 2. The Balaban J connectivity index is 1.84. The maximum atomic E-state index is 12.7. The molecule has 0 spiro atoms. The van der Waals surface area contributed by atoms with Crippen molar-refractivity contribution in [3.63, 3.8) is 0 Å². The van der Waals surface area contributed by atoms with E-state index in [1.807, 2.05) is 0 Å². The quantitative estimate of drug-likeness (QED) is 0.314. The van der Waals surface area contributed by atoms with Crippen LogP contribution < -0.4 is 5.73 Å². The third-order valence-corrected chi connectivity index (χ3v) is 5.47. The summed E-state index contributed by atoms with van der Waals surface area (Å²) in [6.45, 7) is -0.322. The molecule has 176 valence electrons. The molecule has 2 aromatic rings. The number of thiocarbonyl (C=S) groups is 1. The van der Waals surface area contributed by atoms with E-state index < -0.39 is 46.5 Å². The van der Waals surface area contributed by atoms with Gasteiger partial charge >= 0.3 is 11.9 Å². The van der Waals surface area contributed by atoms with E-state index in [2.05, 4.69) is 0 Å². The van der Waals surface area contributed by atoms with Crippen LogP contribution in [0.4, 0.5) is 0 Å². The molecule has 11 heteroatoms. The predicted molar refractivity (Wildman–Crippen MR) is 122 cm³/mol. The van der Waals surface area contributed by atoms with Crippen molar-refractivity contribution in [1.29, 1.82) is 0 Å². The Labute approximate surface area is 196 Å². The van der Waals surface area contributed by atoms with Gasteiger partial charge in [-0.2, -0.15) is 8.42 Å². The van der Waals surface area contributed by atoms with Crippen molar-refractivity contribution < 1.29 is 36.4 Å². The van der Waals surface area contributed by atoms with Crippen molar-refractivity contribution in [2.24, 2.45) is 5.73 Å². The number of ether oxygens (including phenoxy) is 3. The van der Waals surface area contributed by atoms with Gasteiger partial charge in [0.25, 0.3) is 10.1 Å². The standard InChI is InChI=1S/C22H23NO8S2/c1-33(26,27)31-20-16(12-18(23)32)29-17(13-28-21(24)14-8-4-2-5-9-14)19(20)30-22(25)15-10-6-3-7-11-15/h2-11,16-17,19-20H,12-13H2,1H3,(H2,23,32)/t16-,17+,19+,20+/m0/s1. The zero-order chi connectivity index (χ0) is 24.0. The Hall–Kier alpha value is -2.86. The Morgan fingerprint density at radius 1 is 0.939 bits per heavy atom. The number of carbonyl (C=O) groups is 2. The van der Waals surface area contributed by atoms with Gasteiger partial charge in [0.2, 0.25) is 0 Å². The third-order valence-electron chi connectivity index (χ3n) is 4.74. The maximum absolute atomic E-state index is 12.7. The molecule has 9 nitrogen and oxygen atoms in total. The molecule has 2 N–H and O–H groups in total. The summed E-state index contributed by atoms with van der Waals surface area (Å²) in [7, 11) is -3.97. The van der Waals surface area contributed by atoms with E-state index in [9.17, 15) is 18.0 Å². The lowest BCUT2D eigenvalue weighted by molar-refractivity contribution is -0.0420. The van der Waals surface area contributed by atoms with Gasteiger partial charge in [-0.25, -0.2) is 9.59 Å². The van der Waals surface area contributed by atoms with Gasteiger partial charge in [-0.3, -0.25) is 4.18 Å². The maximum Gasteiger partial charge on any atom is 0.338 e. The lowest BCUT2D eigenvalue weighted by Crippen LogP contribution is -2.42. The minimum absolute atomic E-state index is 0.0297. The van der Waals surface area contributed by atoms with Crippen molar-refractivity contribution >= 4 is 39.3 Å². The minimum atomic E-state index is -3.97. The van der Waals surface area contributed by atoms with Gasteiger partial charge in [0, 0.05) is 6.42 Å². The van der Waals surface area contributed by atoms with E-state index in [0.29, 0.717) is 5.56 Å². The van der Waals surface area contributed by atoms with Crippen LogP contribution in [0.3, 0.4) is 0 Å². The van der Waals surface area contributed by atoms with Gasteiger partial charge in [-0.1, -0.05) is 48.6 Å². The number of carbonyl (C=O) groups excluding carboxylic acids is 2. The summed E-state index contributed by atoms with van der Waals surface area (Å²) in [6.07, 6.45) is -3.57. The summed E-state index contributed by atoms with van der Waals surface area (Å²) in [6, 6.07) is 16.4. The van der Waals surface area contributed by atoms with Gasteiger partial charge in [0.15, 0.2) is 6.10 Å². The second-order valence-corrected chi connectivity index (χ2v) is 9.47. The Morgan fingerprint density at radius 2 is 1.48 bits per heavy atom. The van der Waals surface area contributed by atoms with E-state index >= 15 is 0 Å². The predicted octanol–water partition coefficient (Wildman–Crippen LogP) is 1.86. The van der Waals surface area contributed by atoms with Crippen LogP contribution in [0.5, 0.6) is 0 Å². The molecule has 0 bridgehead atoms. The van der Waals surface area contributed by atoms with E-state index in [1.165, 1.54) is 0 Å². The number of rotatable bonds is 9. The zero-order valence-electron chi connectivity index (χ0n) is 17.7. The molecule has 0 amide bonds. The number of hydrogen-bond donors (Lipinski definition) is 1. The highest BCUT2D eigenvalue weighted by Crippen LogP contribution is 2.31. The largest absolute Gasteiger partial charge is 0.459 e. The first kappa shape index (κ1) is 24.8. The van der Waals surface area contributed by atoms with Gasteiger partial charge in [-0.15, -0.1) is 0 Å². The number of hydrogen-bond acceptors (Lipinski definition) is 9. The van der Waals surface area contributed by atoms with Crippen molar-refractivity contribution in [3.05, 3.63) is 71.8 Å². The van der Waals surface area contributed by atoms with Crippen LogP contribution >= 0.6 is 12.2 Å². The monoisotopic (exact) mass is 493 g/mol. The average molecular weight is 494 g/mol. The topological polar surface area (TPSA) is 131 Å². The molecule has 1 aliphatic rings. The molecular formula is C22H23NO8S2. The molecule has 0 radical (unpaired) electrons. The van der Waals surface area contributed by atoms with Gasteiger partial charge in [0.1, 0.15) is 18.8 Å². The lowest BCUT2D eigenvalue weighted by Gasteiger charge is -2.23. The zero-order valence-corrected chi connectivity index (χ0v) is 19.3. The molecule has 0 unspecified atom stereocenters. The van der Waals surface area contributed by atoms with Crippen LogP contribution in [-0.2, 0) is 28.5 Å². The molecule has 0 aliphatic carbocycles. The fraction of sp³-hybridized carbons (Fsp3) is 0.318. The van der Waals surface area contributed by atoms with Crippen molar-refractivity contribution in [2.45, 2.75) is 30.8 Å². The fourth-order valence-electron chi connectivity index (χ4n) is 3.34. The van der Waals surface area contributed by atoms with Crippen molar-refractivity contribution in [3.8, 4) is 0 Å². The van der Waals surface area contributed by atoms with Crippen molar-refractivity contribution in [2.75, 3.05) is 12.9 Å². The fourth-order valence-corrected chi connectivity index (χ4v) is 4.14. The highest BCUT2D eigenvalue weighted by atomic mass is 32.2. The molecule has 1 fully saturated rings. The lowest BCUT2D eigenvalue weighted by atomic mass is 10.1. The molecule has 1 aliphatic heterocycles. The van der Waals surface area contributed by atoms with E-state index in [-0.39, 0.29) is 23.6 Å². The van der Waals surface area contributed by atoms with Crippen molar-refractivity contribution in [1.82, 2.24) is 0 Å². The highest BCUT2D eigenvalue weighted by molar-refractivity contribution is 7.86. The highest BCUT2D eigenvalue weighted by Gasteiger charge is 2.50. The first-order chi connectivity index (χ1) is 15.6. The van der Waals surface area contributed by atoms with Gasteiger partial charge < -0.3 is 19.9 Å². The summed E-state index contributed by atoms with van der Waals surface area (Å²) in [5.74, 6) is -1.34. The second-order valence-electron chi connectivity index (χ2n) is 7.35. The van der Waals surface area contributed by atoms with Crippen LogP contribution in [0.1, 0.15) is 27.1 Å².